The van der Waals surface area contributed by atoms with Gasteiger partial charge in [0, 0.05) is 21.0 Å². The summed E-state index contributed by atoms with van der Waals surface area (Å²) in [5, 5.41) is 4.10. The number of nitrogens with zero attached hydrogens (tertiary/aromatic N) is 1. The molecule has 0 fully saturated rings. The molecule has 1 amide bonds. The van der Waals surface area contributed by atoms with Crippen molar-refractivity contribution in [2.45, 2.75) is 26.7 Å². The molecule has 0 aliphatic rings. The summed E-state index contributed by atoms with van der Waals surface area (Å²) in [6.07, 6.45) is 1.92. The van der Waals surface area contributed by atoms with Gasteiger partial charge in [0.05, 0.1) is 12.3 Å². The monoisotopic (exact) mass is 400 g/mol. The number of ether oxygens (including phenoxy) is 1. The Hall–Kier alpha value is -2.37. The summed E-state index contributed by atoms with van der Waals surface area (Å²) < 4.78 is 5.51. The number of hydrogen-bond donors (Lipinski definition) is 1. The summed E-state index contributed by atoms with van der Waals surface area (Å²) >= 11 is 7.40. The highest BCUT2D eigenvalue weighted by Gasteiger charge is 2.15. The second kappa shape index (κ2) is 9.02. The van der Waals surface area contributed by atoms with Crippen LogP contribution in [-0.2, 0) is 6.42 Å². The third-order valence-electron chi connectivity index (χ3n) is 3.94. The van der Waals surface area contributed by atoms with E-state index in [2.05, 4.69) is 17.2 Å². The zero-order chi connectivity index (χ0) is 19.2. The maximum absolute atomic E-state index is 12.5. The number of halogens is 1. The zero-order valence-corrected chi connectivity index (χ0v) is 16.9. The second-order valence-corrected chi connectivity index (χ2v) is 7.48. The molecule has 1 aromatic heterocycles. The highest BCUT2D eigenvalue weighted by molar-refractivity contribution is 7.16. The molecule has 0 atom stereocenters. The molecular weight excluding hydrogens is 380 g/mol. The lowest BCUT2D eigenvalue weighted by Crippen LogP contribution is -2.11. The first kappa shape index (κ1) is 19.4. The van der Waals surface area contributed by atoms with E-state index in [1.165, 1.54) is 11.3 Å². The van der Waals surface area contributed by atoms with E-state index in [9.17, 15) is 4.79 Å². The van der Waals surface area contributed by atoms with E-state index in [1.807, 2.05) is 31.2 Å². The number of rotatable bonds is 7. The van der Waals surface area contributed by atoms with Gasteiger partial charge in [-0.15, -0.1) is 11.3 Å². The van der Waals surface area contributed by atoms with E-state index in [1.54, 1.807) is 24.3 Å². The Labute approximate surface area is 168 Å². The fourth-order valence-corrected chi connectivity index (χ4v) is 3.88. The quantitative estimate of drug-likeness (QED) is 0.523. The van der Waals surface area contributed by atoms with Gasteiger partial charge in [-0.3, -0.25) is 10.1 Å². The van der Waals surface area contributed by atoms with Gasteiger partial charge in [0.2, 0.25) is 0 Å². The number of nitrogens with one attached hydrogen (secondary N) is 1. The number of hydrogen-bond acceptors (Lipinski definition) is 4. The Balaban J connectivity index is 1.84. The number of thiazole rings is 1. The minimum Gasteiger partial charge on any atom is -0.494 e. The first-order chi connectivity index (χ1) is 13.1. The summed E-state index contributed by atoms with van der Waals surface area (Å²) in [6.45, 7) is 4.73. The Morgan fingerprint density at radius 1 is 1.11 bits per heavy atom. The average molecular weight is 401 g/mol. The summed E-state index contributed by atoms with van der Waals surface area (Å²) in [5.41, 5.74) is 2.48. The Kier molecular flexibility index (Phi) is 6.48. The minimum absolute atomic E-state index is 0.193. The molecule has 3 rings (SSSR count). The van der Waals surface area contributed by atoms with Crippen LogP contribution in [0.3, 0.4) is 0 Å². The van der Waals surface area contributed by atoms with Gasteiger partial charge in [-0.25, -0.2) is 4.98 Å². The highest BCUT2D eigenvalue weighted by Crippen LogP contribution is 2.33. The number of carbonyl (C=O) groups excluding carboxylic acids is 1. The molecule has 0 saturated heterocycles. The molecule has 2 aromatic carbocycles. The van der Waals surface area contributed by atoms with E-state index in [-0.39, 0.29) is 5.91 Å². The molecule has 4 nitrogen and oxygen atoms in total. The van der Waals surface area contributed by atoms with Crippen molar-refractivity contribution in [2.24, 2.45) is 0 Å². The van der Waals surface area contributed by atoms with Gasteiger partial charge >= 0.3 is 0 Å². The summed E-state index contributed by atoms with van der Waals surface area (Å²) in [4.78, 5) is 18.3. The Morgan fingerprint density at radius 2 is 1.81 bits per heavy atom. The van der Waals surface area contributed by atoms with Crippen LogP contribution in [0.25, 0.3) is 11.3 Å². The molecule has 140 valence electrons. The lowest BCUT2D eigenvalue weighted by Gasteiger charge is -2.05. The third kappa shape index (κ3) is 4.87. The first-order valence-electron chi connectivity index (χ1n) is 8.90. The summed E-state index contributed by atoms with van der Waals surface area (Å²) in [5.74, 6) is 0.645. The van der Waals surface area contributed by atoms with Crippen LogP contribution >= 0.6 is 22.9 Å². The first-order valence-corrected chi connectivity index (χ1v) is 10.1. The molecule has 0 aliphatic heterocycles. The van der Waals surface area contributed by atoms with Gasteiger partial charge in [0.25, 0.3) is 5.91 Å². The SMILES string of the molecule is CCCc1sc(NC(=O)c2ccc(Cl)cc2)nc1-c1ccc(OCC)cc1. The molecule has 3 aromatic rings. The van der Waals surface area contributed by atoms with Crippen LogP contribution in [0.15, 0.2) is 48.5 Å². The fourth-order valence-electron chi connectivity index (χ4n) is 2.67. The molecule has 0 aliphatic carbocycles. The number of carbonyl (C=O) groups is 1. The molecule has 0 saturated carbocycles. The highest BCUT2D eigenvalue weighted by atomic mass is 35.5. The predicted octanol–water partition coefficient (Wildman–Crippen LogP) is 6.07. The van der Waals surface area contributed by atoms with Gasteiger partial charge < -0.3 is 4.74 Å². The molecule has 6 heteroatoms. The van der Waals surface area contributed by atoms with Crippen LogP contribution in [0.2, 0.25) is 5.02 Å². The number of amides is 1. The Morgan fingerprint density at radius 3 is 2.44 bits per heavy atom. The molecular formula is C21H21ClN2O2S. The van der Waals surface area contributed by atoms with E-state index in [4.69, 9.17) is 16.3 Å². The summed E-state index contributed by atoms with van der Waals surface area (Å²) in [7, 11) is 0. The van der Waals surface area contributed by atoms with E-state index >= 15 is 0 Å². The minimum atomic E-state index is -0.193. The van der Waals surface area contributed by atoms with Gasteiger partial charge in [-0.1, -0.05) is 24.9 Å². The molecule has 27 heavy (non-hydrogen) atoms. The normalized spacial score (nSPS) is 10.6. The van der Waals surface area contributed by atoms with Crippen LogP contribution in [0, 0.1) is 0 Å². The van der Waals surface area contributed by atoms with Crippen molar-refractivity contribution in [3.63, 3.8) is 0 Å². The van der Waals surface area contributed by atoms with E-state index in [0.29, 0.717) is 22.3 Å². The maximum Gasteiger partial charge on any atom is 0.257 e. The van der Waals surface area contributed by atoms with Crippen molar-refractivity contribution < 1.29 is 9.53 Å². The molecule has 0 bridgehead atoms. The molecule has 0 unspecified atom stereocenters. The predicted molar refractivity (Wildman–Crippen MR) is 112 cm³/mol. The fraction of sp³-hybridized carbons (Fsp3) is 0.238. The average Bonchev–Trinajstić information content (AvgIpc) is 3.06. The van der Waals surface area contributed by atoms with E-state index in [0.717, 1.165) is 34.7 Å². The van der Waals surface area contributed by atoms with Crippen LogP contribution in [0.4, 0.5) is 5.13 Å². The standard InChI is InChI=1S/C21H21ClN2O2S/c1-3-5-18-19(14-8-12-17(13-9-14)26-4-2)23-21(27-18)24-20(25)15-6-10-16(22)11-7-15/h6-13H,3-5H2,1-2H3,(H,23,24,25). The van der Waals surface area contributed by atoms with Crippen LogP contribution < -0.4 is 10.1 Å². The van der Waals surface area contributed by atoms with Crippen LogP contribution in [0.1, 0.15) is 35.5 Å². The Bertz CT molecular complexity index is 905. The van der Waals surface area contributed by atoms with Gasteiger partial charge in [0.15, 0.2) is 5.13 Å². The van der Waals surface area contributed by atoms with Crippen molar-refractivity contribution in [1.29, 1.82) is 0 Å². The third-order valence-corrected chi connectivity index (χ3v) is 5.22. The largest absolute Gasteiger partial charge is 0.494 e. The van der Waals surface area contributed by atoms with Gasteiger partial charge in [-0.05, 0) is 61.9 Å². The van der Waals surface area contributed by atoms with Crippen LogP contribution in [-0.4, -0.2) is 17.5 Å². The van der Waals surface area contributed by atoms with Crippen molar-refractivity contribution in [3.8, 4) is 17.0 Å². The molecule has 0 spiro atoms. The molecule has 1 N–H and O–H groups in total. The molecule has 1 heterocycles. The van der Waals surface area contributed by atoms with Crippen LogP contribution in [0.5, 0.6) is 5.75 Å². The van der Waals surface area contributed by atoms with Gasteiger partial charge in [0.1, 0.15) is 5.75 Å². The van der Waals surface area contributed by atoms with Gasteiger partial charge in [-0.2, -0.15) is 0 Å². The molecule has 0 radical (unpaired) electrons. The number of aryl methyl sites for hydroxylation is 1. The smallest absolute Gasteiger partial charge is 0.257 e. The van der Waals surface area contributed by atoms with Crippen molar-refractivity contribution in [3.05, 3.63) is 64.0 Å². The second-order valence-electron chi connectivity index (χ2n) is 5.96. The topological polar surface area (TPSA) is 51.2 Å². The lowest BCUT2D eigenvalue weighted by molar-refractivity contribution is 0.102. The zero-order valence-electron chi connectivity index (χ0n) is 15.3. The number of benzene rings is 2. The lowest BCUT2D eigenvalue weighted by atomic mass is 10.1. The van der Waals surface area contributed by atoms with E-state index < -0.39 is 0 Å². The number of anilines is 1. The maximum atomic E-state index is 12.5. The summed E-state index contributed by atoms with van der Waals surface area (Å²) in [6, 6.07) is 14.7. The van der Waals surface area contributed by atoms with Crippen molar-refractivity contribution >= 4 is 34.0 Å². The van der Waals surface area contributed by atoms with Crippen molar-refractivity contribution in [2.75, 3.05) is 11.9 Å². The number of aromatic nitrogens is 1. The van der Waals surface area contributed by atoms with Crippen molar-refractivity contribution in [1.82, 2.24) is 4.98 Å².